The number of carbonyl (C=O) groups excluding carboxylic acids is 2. The Morgan fingerprint density at radius 1 is 0.964 bits per heavy atom. The van der Waals surface area contributed by atoms with Gasteiger partial charge in [0.05, 0.1) is 0 Å². The van der Waals surface area contributed by atoms with E-state index in [0.717, 1.165) is 75.8 Å². The molecule has 0 radical (unpaired) electrons. The lowest BCUT2D eigenvalue weighted by atomic mass is 10.0. The monoisotopic (exact) mass is 448 g/mol. The number of hydrogen-bond donors (Lipinski definition) is 0. The number of unbranched alkanes of at least 4 members (excludes halogenated alkanes) is 1. The van der Waals surface area contributed by atoms with Crippen molar-refractivity contribution in [3.8, 4) is 0 Å². The van der Waals surface area contributed by atoms with E-state index in [1.807, 2.05) is 0 Å². The van der Waals surface area contributed by atoms with Crippen molar-refractivity contribution in [1.29, 1.82) is 0 Å². The van der Waals surface area contributed by atoms with E-state index >= 15 is 0 Å². The average Bonchev–Trinajstić information content (AvgIpc) is 2.96. The molecule has 1 aromatic carbocycles. The minimum atomic E-state index is -0.174. The van der Waals surface area contributed by atoms with E-state index in [4.69, 9.17) is 0 Å². The van der Waals surface area contributed by atoms with Gasteiger partial charge in [0.2, 0.25) is 0 Å². The van der Waals surface area contributed by atoms with E-state index in [0.29, 0.717) is 6.54 Å². The zero-order valence-corrected chi connectivity index (χ0v) is 17.9. The van der Waals surface area contributed by atoms with Crippen molar-refractivity contribution in [3.05, 3.63) is 28.7 Å². The molecule has 7 heteroatoms. The van der Waals surface area contributed by atoms with Gasteiger partial charge in [0.15, 0.2) is 0 Å². The molecule has 3 fully saturated rings. The number of halogens is 1. The number of anilines is 1. The second kappa shape index (κ2) is 8.82. The third-order valence-corrected chi connectivity index (χ3v) is 6.68. The number of piperazine rings is 1. The van der Waals surface area contributed by atoms with Gasteiger partial charge < -0.3 is 9.80 Å². The summed E-state index contributed by atoms with van der Waals surface area (Å²) in [5.74, 6) is 0.0346. The Morgan fingerprint density at radius 2 is 1.75 bits per heavy atom. The second-order valence-corrected chi connectivity index (χ2v) is 8.91. The minimum absolute atomic E-state index is 0.0346. The zero-order valence-electron chi connectivity index (χ0n) is 16.4. The summed E-state index contributed by atoms with van der Waals surface area (Å²) in [6.45, 7) is 6.55. The van der Waals surface area contributed by atoms with Crippen LogP contribution in [0.3, 0.4) is 0 Å². The molecule has 4 rings (SSSR count). The molecular weight excluding hydrogens is 420 g/mol. The first kappa shape index (κ1) is 19.7. The largest absolute Gasteiger partial charge is 0.369 e. The number of rotatable bonds is 6. The van der Waals surface area contributed by atoms with Gasteiger partial charge in [-0.05, 0) is 56.8 Å². The Labute approximate surface area is 175 Å². The van der Waals surface area contributed by atoms with Crippen molar-refractivity contribution < 1.29 is 9.59 Å². The first-order valence-corrected chi connectivity index (χ1v) is 11.3. The highest BCUT2D eigenvalue weighted by Crippen LogP contribution is 2.27. The number of urea groups is 1. The van der Waals surface area contributed by atoms with Crippen LogP contribution in [0.1, 0.15) is 32.1 Å². The Hall–Kier alpha value is -1.60. The zero-order chi connectivity index (χ0) is 19.5. The van der Waals surface area contributed by atoms with Crippen LogP contribution in [-0.2, 0) is 4.79 Å². The van der Waals surface area contributed by atoms with Gasteiger partial charge in [-0.25, -0.2) is 4.79 Å². The summed E-state index contributed by atoms with van der Waals surface area (Å²) in [4.78, 5) is 33.1. The molecule has 0 saturated carbocycles. The molecule has 3 aliphatic rings. The molecule has 1 aromatic rings. The van der Waals surface area contributed by atoms with Crippen LogP contribution in [0.25, 0.3) is 0 Å². The van der Waals surface area contributed by atoms with Gasteiger partial charge in [-0.3, -0.25) is 14.6 Å². The predicted molar refractivity (Wildman–Crippen MR) is 113 cm³/mol. The van der Waals surface area contributed by atoms with Crippen LogP contribution in [0, 0.1) is 0 Å². The van der Waals surface area contributed by atoms with Gasteiger partial charge >= 0.3 is 6.03 Å². The molecule has 3 saturated heterocycles. The highest BCUT2D eigenvalue weighted by atomic mass is 79.9. The van der Waals surface area contributed by atoms with Crippen molar-refractivity contribution >= 4 is 33.6 Å². The number of piperidine rings is 1. The van der Waals surface area contributed by atoms with Gasteiger partial charge in [-0.15, -0.1) is 0 Å². The van der Waals surface area contributed by atoms with Gasteiger partial charge in [-0.2, -0.15) is 0 Å². The van der Waals surface area contributed by atoms with Gasteiger partial charge in [-0.1, -0.05) is 22.0 Å². The van der Waals surface area contributed by atoms with Gasteiger partial charge in [0.1, 0.15) is 6.04 Å². The first-order chi connectivity index (χ1) is 13.6. The lowest BCUT2D eigenvalue weighted by Crippen LogP contribution is -2.46. The summed E-state index contributed by atoms with van der Waals surface area (Å²) in [5, 5.41) is 0. The summed E-state index contributed by atoms with van der Waals surface area (Å²) in [6, 6.07) is 8.25. The lowest BCUT2D eigenvalue weighted by Gasteiger charge is -2.36. The minimum Gasteiger partial charge on any atom is -0.369 e. The van der Waals surface area contributed by atoms with Crippen molar-refractivity contribution in [2.24, 2.45) is 0 Å². The number of amides is 3. The number of fused-ring (bicyclic) bond motifs is 1. The molecule has 0 unspecified atom stereocenters. The van der Waals surface area contributed by atoms with Crippen LogP contribution in [-0.4, -0.2) is 78.5 Å². The number of imide groups is 1. The molecule has 0 N–H and O–H groups in total. The number of carbonyl (C=O) groups is 2. The van der Waals surface area contributed by atoms with Crippen molar-refractivity contribution in [2.45, 2.75) is 38.1 Å². The van der Waals surface area contributed by atoms with E-state index in [1.165, 1.54) is 10.6 Å². The molecular formula is C21H29BrN4O2. The van der Waals surface area contributed by atoms with Crippen LogP contribution in [0.15, 0.2) is 28.7 Å². The van der Waals surface area contributed by atoms with Gasteiger partial charge in [0.25, 0.3) is 5.91 Å². The quantitative estimate of drug-likeness (QED) is 0.495. The van der Waals surface area contributed by atoms with Crippen LogP contribution < -0.4 is 4.90 Å². The highest BCUT2D eigenvalue weighted by Gasteiger charge is 2.45. The molecule has 6 nitrogen and oxygen atoms in total. The molecule has 3 heterocycles. The number of benzene rings is 1. The van der Waals surface area contributed by atoms with E-state index in [2.05, 4.69) is 50.0 Å². The fourth-order valence-electron chi connectivity index (χ4n) is 4.56. The third kappa shape index (κ3) is 4.20. The SMILES string of the molecule is O=C1[C@@H]2CCCCN2C(=O)N1CCCCN1CCN(c2cccc(Br)c2)CC1. The Morgan fingerprint density at radius 3 is 2.50 bits per heavy atom. The maximum absolute atomic E-state index is 12.5. The molecule has 1 atom stereocenters. The van der Waals surface area contributed by atoms with Crippen LogP contribution >= 0.6 is 15.9 Å². The summed E-state index contributed by atoms with van der Waals surface area (Å²) < 4.78 is 1.12. The van der Waals surface area contributed by atoms with E-state index < -0.39 is 0 Å². The molecule has 0 aliphatic carbocycles. The molecule has 28 heavy (non-hydrogen) atoms. The fourth-order valence-corrected chi connectivity index (χ4v) is 4.95. The Balaban J connectivity index is 1.17. The average molecular weight is 449 g/mol. The molecule has 3 amide bonds. The summed E-state index contributed by atoms with van der Waals surface area (Å²) >= 11 is 3.55. The van der Waals surface area contributed by atoms with Crippen molar-refractivity contribution in [2.75, 3.05) is 50.7 Å². The molecule has 3 aliphatic heterocycles. The highest BCUT2D eigenvalue weighted by molar-refractivity contribution is 9.10. The van der Waals surface area contributed by atoms with Crippen LogP contribution in [0.4, 0.5) is 10.5 Å². The maximum Gasteiger partial charge on any atom is 0.327 e. The smallest absolute Gasteiger partial charge is 0.327 e. The second-order valence-electron chi connectivity index (χ2n) is 7.99. The summed E-state index contributed by atoms with van der Waals surface area (Å²) in [7, 11) is 0. The van der Waals surface area contributed by atoms with Crippen molar-refractivity contribution in [3.63, 3.8) is 0 Å². The molecule has 0 spiro atoms. The Bertz CT molecular complexity index is 696. The topological polar surface area (TPSA) is 47.1 Å². The molecule has 0 bridgehead atoms. The standard InChI is InChI=1S/C21H29BrN4O2/c22-17-6-5-7-18(16-17)24-14-12-23(13-15-24)9-3-4-11-26-20(27)19-8-1-2-10-25(19)21(26)28/h5-7,16,19H,1-4,8-15H2/t19-/m0/s1. The molecule has 152 valence electrons. The normalized spacial score (nSPS) is 23.5. The van der Waals surface area contributed by atoms with Gasteiger partial charge in [0, 0.05) is 49.4 Å². The van der Waals surface area contributed by atoms with Crippen LogP contribution in [0.5, 0.6) is 0 Å². The van der Waals surface area contributed by atoms with E-state index in [1.54, 1.807) is 4.90 Å². The summed E-state index contributed by atoms with van der Waals surface area (Å²) in [6.07, 6.45) is 4.83. The van der Waals surface area contributed by atoms with Crippen LogP contribution in [0.2, 0.25) is 0 Å². The number of hydrogen-bond acceptors (Lipinski definition) is 4. The fraction of sp³-hybridized carbons (Fsp3) is 0.619. The summed E-state index contributed by atoms with van der Waals surface area (Å²) in [5.41, 5.74) is 1.27. The number of nitrogens with zero attached hydrogens (tertiary/aromatic N) is 4. The van der Waals surface area contributed by atoms with E-state index in [9.17, 15) is 9.59 Å². The third-order valence-electron chi connectivity index (χ3n) is 6.18. The van der Waals surface area contributed by atoms with Crippen molar-refractivity contribution in [1.82, 2.24) is 14.7 Å². The maximum atomic E-state index is 12.5. The Kier molecular flexibility index (Phi) is 6.21. The van der Waals surface area contributed by atoms with E-state index in [-0.39, 0.29) is 18.0 Å². The first-order valence-electron chi connectivity index (χ1n) is 10.5. The molecule has 0 aromatic heterocycles. The predicted octanol–water partition coefficient (Wildman–Crippen LogP) is 3.17. The lowest BCUT2D eigenvalue weighted by molar-refractivity contribution is -0.128.